The summed E-state index contributed by atoms with van der Waals surface area (Å²) in [5.74, 6) is 1.04. The molecular weight excluding hydrogens is 534 g/mol. The molecule has 10 heteroatoms. The number of hydrogen-bond donors (Lipinski definition) is 2. The van der Waals surface area contributed by atoms with Gasteiger partial charge in [0.2, 0.25) is 17.7 Å². The fraction of sp³-hybridized carbons (Fsp3) is 0.594. The van der Waals surface area contributed by atoms with Crippen molar-refractivity contribution in [3.05, 3.63) is 47.3 Å². The minimum Gasteiger partial charge on any atom is -0.480 e. The first-order valence-corrected chi connectivity index (χ1v) is 15.4. The summed E-state index contributed by atoms with van der Waals surface area (Å²) >= 11 is 0. The van der Waals surface area contributed by atoms with Crippen LogP contribution in [-0.4, -0.2) is 71.9 Å². The lowest BCUT2D eigenvalue weighted by atomic mass is 9.81. The van der Waals surface area contributed by atoms with Gasteiger partial charge in [0, 0.05) is 40.4 Å². The zero-order valence-corrected chi connectivity index (χ0v) is 25.2. The van der Waals surface area contributed by atoms with Crippen LogP contribution >= 0.6 is 0 Å². The van der Waals surface area contributed by atoms with Crippen LogP contribution in [0.4, 0.5) is 0 Å². The lowest BCUT2D eigenvalue weighted by Gasteiger charge is -2.33. The molecule has 232 valence electrons. The summed E-state index contributed by atoms with van der Waals surface area (Å²) in [6, 6.07) is 7.24. The number of ether oxygens (including phenoxy) is 2. The number of amides is 2. The number of likely N-dealkylation sites (tertiary alicyclic amines) is 1. The summed E-state index contributed by atoms with van der Waals surface area (Å²) < 4.78 is 10.7. The van der Waals surface area contributed by atoms with Crippen LogP contribution in [-0.2, 0) is 16.1 Å². The number of carbonyl (C=O) groups excluding carboxylic acids is 3. The van der Waals surface area contributed by atoms with Crippen molar-refractivity contribution < 1.29 is 26.7 Å². The number of Topliss-reactive ketones (excluding diaryl/α,β-unsaturated/α-hetero) is 1. The molecule has 4 rings (SSSR count). The van der Waals surface area contributed by atoms with E-state index in [-0.39, 0.29) is 38.8 Å². The Balaban J connectivity index is 0.00000337. The number of nitrogens with one attached hydrogen (secondary N) is 2. The van der Waals surface area contributed by atoms with Gasteiger partial charge in [-0.2, -0.15) is 4.98 Å². The zero-order chi connectivity index (χ0) is 29.9. The van der Waals surface area contributed by atoms with Crippen LogP contribution in [0.2, 0.25) is 0 Å². The van der Waals surface area contributed by atoms with Gasteiger partial charge in [-0.3, -0.25) is 14.4 Å². The van der Waals surface area contributed by atoms with Gasteiger partial charge in [-0.05, 0) is 56.2 Å². The highest BCUT2D eigenvalue weighted by Gasteiger charge is 2.30. The summed E-state index contributed by atoms with van der Waals surface area (Å²) in [7, 11) is 1.52. The lowest BCUT2D eigenvalue weighted by Crippen LogP contribution is -2.46. The van der Waals surface area contributed by atoms with Crippen LogP contribution in [0, 0.1) is 5.92 Å². The maximum absolute atomic E-state index is 13.3. The Bertz CT molecular complexity index is 1230. The van der Waals surface area contributed by atoms with Crippen molar-refractivity contribution in [3.8, 4) is 11.8 Å². The molecule has 1 saturated carbocycles. The highest BCUT2D eigenvalue weighted by atomic mass is 16.5. The second-order valence-electron chi connectivity index (χ2n) is 11.2. The van der Waals surface area contributed by atoms with Crippen molar-refractivity contribution in [1.29, 1.82) is 0 Å². The molecule has 2 heterocycles. The van der Waals surface area contributed by atoms with E-state index >= 15 is 0 Å². The van der Waals surface area contributed by atoms with E-state index in [1.54, 1.807) is 6.07 Å². The van der Waals surface area contributed by atoms with E-state index in [0.29, 0.717) is 55.7 Å². The molecule has 2 fully saturated rings. The van der Waals surface area contributed by atoms with Gasteiger partial charge >= 0.3 is 0 Å². The fourth-order valence-electron chi connectivity index (χ4n) is 6.04. The van der Waals surface area contributed by atoms with Gasteiger partial charge in [0.1, 0.15) is 5.69 Å². The molecule has 1 aliphatic carbocycles. The third kappa shape index (κ3) is 8.27. The van der Waals surface area contributed by atoms with Gasteiger partial charge in [0.05, 0.1) is 32.5 Å². The van der Waals surface area contributed by atoms with Gasteiger partial charge in [-0.1, -0.05) is 38.3 Å². The third-order valence-corrected chi connectivity index (χ3v) is 8.35. The van der Waals surface area contributed by atoms with E-state index in [1.807, 2.05) is 36.9 Å². The second kappa shape index (κ2) is 15.6. The molecule has 2 atom stereocenters. The molecule has 0 bridgehead atoms. The normalized spacial score (nSPS) is 18.3. The summed E-state index contributed by atoms with van der Waals surface area (Å²) in [6.07, 6.45) is 9.17. The van der Waals surface area contributed by atoms with Crippen LogP contribution < -0.4 is 20.1 Å². The number of methoxy groups -OCH3 is 1. The molecule has 1 aromatic carbocycles. The van der Waals surface area contributed by atoms with Crippen molar-refractivity contribution in [2.45, 2.75) is 83.7 Å². The molecule has 10 nitrogen and oxygen atoms in total. The quantitative estimate of drug-likeness (QED) is 0.353. The highest BCUT2D eigenvalue weighted by molar-refractivity contribution is 5.98. The van der Waals surface area contributed by atoms with Crippen LogP contribution in [0.3, 0.4) is 0 Å². The largest absolute Gasteiger partial charge is 0.480 e. The van der Waals surface area contributed by atoms with Gasteiger partial charge in [0.25, 0.3) is 5.91 Å². The van der Waals surface area contributed by atoms with Crippen LogP contribution in [0.1, 0.15) is 95.6 Å². The predicted octanol–water partition coefficient (Wildman–Crippen LogP) is 4.53. The molecule has 1 saturated heterocycles. The number of aromatic nitrogens is 2. The molecule has 1 aromatic heterocycles. The number of benzene rings is 1. The van der Waals surface area contributed by atoms with E-state index in [1.165, 1.54) is 19.7 Å². The second-order valence-corrected chi connectivity index (χ2v) is 11.2. The predicted molar refractivity (Wildman–Crippen MR) is 164 cm³/mol. The Hall–Kier alpha value is -3.53. The van der Waals surface area contributed by atoms with Gasteiger partial charge in [-0.15, -0.1) is 0 Å². The van der Waals surface area contributed by atoms with Crippen molar-refractivity contribution in [2.24, 2.45) is 5.92 Å². The Morgan fingerprint density at radius 1 is 1.12 bits per heavy atom. The molecule has 0 unspecified atom stereocenters. The molecule has 0 radical (unpaired) electrons. The molecule has 2 aromatic rings. The van der Waals surface area contributed by atoms with Crippen molar-refractivity contribution >= 4 is 17.6 Å². The first kappa shape index (κ1) is 31.4. The van der Waals surface area contributed by atoms with Crippen molar-refractivity contribution in [1.82, 2.24) is 25.5 Å². The number of piperidine rings is 1. The molecule has 0 spiro atoms. The first-order valence-electron chi connectivity index (χ1n) is 15.4. The lowest BCUT2D eigenvalue weighted by molar-refractivity contribution is -0.131. The number of ketones is 1. The Kier molecular flexibility index (Phi) is 11.7. The van der Waals surface area contributed by atoms with E-state index in [4.69, 9.17) is 9.47 Å². The topological polar surface area (TPSA) is 123 Å². The van der Waals surface area contributed by atoms with Gasteiger partial charge in [-0.25, -0.2) is 4.98 Å². The maximum Gasteiger partial charge on any atom is 0.251 e. The summed E-state index contributed by atoms with van der Waals surface area (Å²) in [6.45, 7) is 5.99. The number of hydrogen-bond acceptors (Lipinski definition) is 8. The molecular formula is C32H49N5O5. The molecule has 2 aliphatic rings. The molecule has 2 N–H and O–H groups in total. The third-order valence-electron chi connectivity index (χ3n) is 8.35. The summed E-state index contributed by atoms with van der Waals surface area (Å²) in [5, 5.41) is 6.26. The minimum atomic E-state index is -0.421. The highest BCUT2D eigenvalue weighted by Crippen LogP contribution is 2.29. The van der Waals surface area contributed by atoms with Crippen molar-refractivity contribution in [3.63, 3.8) is 0 Å². The molecule has 1 aliphatic heterocycles. The van der Waals surface area contributed by atoms with Gasteiger partial charge < -0.3 is 25.0 Å². The van der Waals surface area contributed by atoms with Crippen LogP contribution in [0.5, 0.6) is 11.8 Å². The monoisotopic (exact) mass is 583 g/mol. The number of carbonyl (C=O) groups is 3. The van der Waals surface area contributed by atoms with E-state index < -0.39 is 6.04 Å². The molecule has 2 amide bonds. The van der Waals surface area contributed by atoms with Crippen LogP contribution in [0.15, 0.2) is 30.5 Å². The number of nitrogens with zero attached hydrogens (tertiary/aromatic N) is 3. The Labute approximate surface area is 251 Å². The SMILES string of the molecule is CCOc1nc(OC)cnc1CNCC(=O)N1CCC[C@@H](c2cccc(C(=O)N[C@@H](C(=O)CC)C3CCCCC3)c2)C1.[HH].[HH]. The standard InChI is InChI=1S/C32H45N5O5.2H2/c1-4-27(38)30(22-11-7-6-8-12-22)36-31(40)24-14-9-13-23(17-24)25-15-10-16-37(21-25)29(39)20-33-18-26-32(42-5-2)35-28(41-3)19-34-26;;/h9,13-14,17,19,22,25,30,33H,4-8,10-12,15-16,18,20-21H2,1-3H3,(H,36,40);2*1H/t25-,30-;;/m1../s1. The van der Waals surface area contributed by atoms with E-state index in [2.05, 4.69) is 20.6 Å². The average Bonchev–Trinajstić information content (AvgIpc) is 3.04. The summed E-state index contributed by atoms with van der Waals surface area (Å²) in [5.41, 5.74) is 2.22. The summed E-state index contributed by atoms with van der Waals surface area (Å²) in [4.78, 5) is 49.7. The van der Waals surface area contributed by atoms with Crippen molar-refractivity contribution in [2.75, 3.05) is 33.4 Å². The van der Waals surface area contributed by atoms with E-state index in [9.17, 15) is 14.4 Å². The zero-order valence-electron chi connectivity index (χ0n) is 25.2. The smallest absolute Gasteiger partial charge is 0.251 e. The average molecular weight is 584 g/mol. The Morgan fingerprint density at radius 3 is 2.67 bits per heavy atom. The maximum atomic E-state index is 13.3. The van der Waals surface area contributed by atoms with E-state index in [0.717, 1.165) is 44.1 Å². The van der Waals surface area contributed by atoms with Gasteiger partial charge in [0.15, 0.2) is 5.78 Å². The molecule has 42 heavy (non-hydrogen) atoms. The Morgan fingerprint density at radius 2 is 1.93 bits per heavy atom. The first-order chi connectivity index (χ1) is 20.4. The van der Waals surface area contributed by atoms with Crippen LogP contribution in [0.25, 0.3) is 0 Å². The fourth-order valence-corrected chi connectivity index (χ4v) is 6.04. The number of rotatable bonds is 13. The minimum absolute atomic E-state index is 0.